The average molecular weight is 75.5 g/mol. The molecule has 0 amide bonds. The molecule has 1 N–H and O–H groups in total. The summed E-state index contributed by atoms with van der Waals surface area (Å²) in [6.07, 6.45) is 1.25. The number of hydrogen-bond acceptors (Lipinski definition) is 1. The normalized spacial score (nSPS) is 4.17. The first-order valence-corrected chi connectivity index (χ1v) is 1.53. The molecule has 6 heavy (non-hydrogen) atoms. The van der Waals surface area contributed by atoms with Crippen LogP contribution in [0.2, 0.25) is 0 Å². The van der Waals surface area contributed by atoms with E-state index in [9.17, 15) is 0 Å². The summed E-state index contributed by atoms with van der Waals surface area (Å²) in [5, 5.41) is 6.08. The molecule has 0 saturated carbocycles. The van der Waals surface area contributed by atoms with Gasteiger partial charge in [0.2, 0.25) is 0 Å². The van der Waals surface area contributed by atoms with Crippen molar-refractivity contribution >= 4 is 28.7 Å². The van der Waals surface area contributed by atoms with Crippen molar-refractivity contribution in [3.63, 3.8) is 0 Å². The van der Waals surface area contributed by atoms with Gasteiger partial charge >= 0.3 is 0 Å². The Morgan fingerprint density at radius 1 is 1.67 bits per heavy atom. The van der Waals surface area contributed by atoms with E-state index in [0.717, 1.165) is 7.06 Å². The van der Waals surface area contributed by atoms with Gasteiger partial charge in [-0.2, -0.15) is 0 Å². The molecule has 0 saturated heterocycles. The lowest BCUT2D eigenvalue weighted by atomic mass is 9.40. The largest absolute Gasteiger partial charge is 0.313 e. The lowest BCUT2D eigenvalue weighted by Gasteiger charge is -1.41. The van der Waals surface area contributed by atoms with Crippen molar-refractivity contribution in [2.75, 3.05) is 0 Å². The van der Waals surface area contributed by atoms with Crippen molar-refractivity contribution in [1.29, 1.82) is 5.41 Å². The van der Waals surface area contributed by atoms with Gasteiger partial charge in [-0.1, -0.05) is 0 Å². The third-order valence-electron chi connectivity index (χ3n) is 0. The molecule has 1 nitrogen and oxygen atoms in total. The molecular weight excluding hydrogens is 70.5 g/mol. The van der Waals surface area contributed by atoms with Gasteiger partial charge in [0.25, 0.3) is 0 Å². The topological polar surface area (TPSA) is 23.9 Å². The molecule has 0 bridgehead atoms. The molecule has 0 aromatic heterocycles. The Hall–Kier alpha value is -0.135. The molecule has 0 aliphatic rings. The minimum Gasteiger partial charge on any atom is -0.313 e. The molecule has 0 aromatic carbocycles. The van der Waals surface area contributed by atoms with Crippen molar-refractivity contribution in [1.82, 2.24) is 0 Å². The van der Waals surface area contributed by atoms with Crippen LogP contribution in [0.15, 0.2) is 0 Å². The first-order valence-electron chi connectivity index (χ1n) is 1.53. The fraction of sp³-hybridized carbons (Fsp3) is 0.500. The molecule has 0 unspecified atom stereocenters. The van der Waals surface area contributed by atoms with Crippen LogP contribution in [0.3, 0.4) is 0 Å². The first kappa shape index (κ1) is 9.29. The number of rotatable bonds is 0. The second-order valence-corrected chi connectivity index (χ2v) is 0.481. The van der Waals surface area contributed by atoms with Crippen LogP contribution in [0, 0.1) is 5.41 Å². The van der Waals surface area contributed by atoms with E-state index < -0.39 is 0 Å². The van der Waals surface area contributed by atoms with Crippen molar-refractivity contribution in [2.24, 2.45) is 0 Å². The fourth-order valence-electron chi connectivity index (χ4n) is 0. The van der Waals surface area contributed by atoms with Gasteiger partial charge in [-0.15, -0.1) is 0 Å². The van der Waals surface area contributed by atoms with Crippen LogP contribution in [0.1, 0.15) is 6.92 Å². The Labute approximate surface area is 42.1 Å². The summed E-state index contributed by atoms with van der Waals surface area (Å²) in [6, 6.07) is 0. The summed E-state index contributed by atoms with van der Waals surface area (Å²) in [5.41, 5.74) is 0. The smallest absolute Gasteiger partial charge is 0 e. The van der Waals surface area contributed by atoms with Crippen LogP contribution in [-0.2, 0) is 0 Å². The third kappa shape index (κ3) is 1740. The van der Waals surface area contributed by atoms with Crippen LogP contribution in [-0.4, -0.2) is 28.7 Å². The van der Waals surface area contributed by atoms with Crippen molar-refractivity contribution < 1.29 is 0 Å². The second-order valence-electron chi connectivity index (χ2n) is 0.481. The van der Waals surface area contributed by atoms with Crippen molar-refractivity contribution in [3.05, 3.63) is 0 Å². The third-order valence-corrected chi connectivity index (χ3v) is 0. The number of nitrogens with one attached hydrogen (secondary N) is 1. The van der Waals surface area contributed by atoms with Crippen LogP contribution in [0.25, 0.3) is 0 Å². The Bertz CT molecular complexity index is 22.8. The van der Waals surface area contributed by atoms with Gasteiger partial charge in [-0.3, -0.25) is 0 Å². The van der Waals surface area contributed by atoms with E-state index in [1.807, 2.05) is 0 Å². The second kappa shape index (κ2) is 20.9. The zero-order valence-corrected chi connectivity index (χ0v) is 3.81. The van der Waals surface area contributed by atoms with Crippen molar-refractivity contribution in [3.8, 4) is 0 Å². The zero-order valence-electron chi connectivity index (χ0n) is 3.81. The monoisotopic (exact) mass is 76.1 g/mol. The molecule has 0 aromatic rings. The lowest BCUT2D eigenvalue weighted by molar-refractivity contribution is 1.55. The highest BCUT2D eigenvalue weighted by atomic mass is 14.3. The standard InChI is InChI=1S/C2H5N.B3/c1-2-3;1-3-2/h2-3H,1H3;. The summed E-state index contributed by atoms with van der Waals surface area (Å²) < 4.78 is 0. The zero-order chi connectivity index (χ0) is 5.41. The van der Waals surface area contributed by atoms with E-state index in [-0.39, 0.29) is 0 Å². The van der Waals surface area contributed by atoms with Crippen LogP contribution >= 0.6 is 0 Å². The van der Waals surface area contributed by atoms with Gasteiger partial charge in [-0.05, 0) is 13.1 Å². The minimum absolute atomic E-state index is 1.00. The van der Waals surface area contributed by atoms with Gasteiger partial charge in [-0.25, -0.2) is 0 Å². The van der Waals surface area contributed by atoms with Gasteiger partial charge in [0.05, 0.1) is 0 Å². The van der Waals surface area contributed by atoms with Crippen LogP contribution in [0.4, 0.5) is 0 Å². The molecule has 0 aliphatic heterocycles. The van der Waals surface area contributed by atoms with Gasteiger partial charge in [0, 0.05) is 22.5 Å². The summed E-state index contributed by atoms with van der Waals surface area (Å²) in [6.45, 7) is 1.67. The maximum atomic E-state index is 6.08. The molecule has 0 atom stereocenters. The average Bonchev–Trinajstić information content (AvgIpc) is 1.39. The Balaban J connectivity index is 0. The van der Waals surface area contributed by atoms with Crippen LogP contribution < -0.4 is 0 Å². The van der Waals surface area contributed by atoms with E-state index in [1.165, 1.54) is 6.21 Å². The summed E-state index contributed by atoms with van der Waals surface area (Å²) >= 11 is 0. The molecule has 4 heteroatoms. The Kier molecular flexibility index (Phi) is 32.4. The van der Waals surface area contributed by atoms with Gasteiger partial charge < -0.3 is 5.41 Å². The minimum atomic E-state index is 1.00. The van der Waals surface area contributed by atoms with E-state index >= 15 is 0 Å². The van der Waals surface area contributed by atoms with Crippen LogP contribution in [0.5, 0.6) is 0 Å². The lowest BCUT2D eigenvalue weighted by Crippen LogP contribution is -1.79. The highest BCUT2D eigenvalue weighted by Crippen LogP contribution is 1.17. The molecule has 27 valence electrons. The van der Waals surface area contributed by atoms with E-state index in [1.54, 1.807) is 6.92 Å². The van der Waals surface area contributed by atoms with Gasteiger partial charge in [0.1, 0.15) is 0 Å². The molecule has 0 heterocycles. The molecule has 0 spiro atoms. The molecule has 5 radical (unpaired) electrons. The molecular formula is C2H5B3N. The SMILES string of the molecule is CC=N.[B][B][B]. The molecule has 0 aliphatic carbocycles. The predicted molar refractivity (Wildman–Crippen MR) is 31.7 cm³/mol. The highest BCUT2D eigenvalue weighted by Gasteiger charge is 1.41. The van der Waals surface area contributed by atoms with Crippen molar-refractivity contribution in [2.45, 2.75) is 6.92 Å². The Morgan fingerprint density at radius 2 is 1.67 bits per heavy atom. The summed E-state index contributed by atoms with van der Waals surface area (Å²) in [7, 11) is 10.0. The highest BCUT2D eigenvalue weighted by molar-refractivity contribution is 7.17. The maximum Gasteiger partial charge on any atom is 0 e. The molecule has 0 rings (SSSR count). The summed E-state index contributed by atoms with van der Waals surface area (Å²) in [4.78, 5) is 0. The maximum absolute atomic E-state index is 6.08. The quantitative estimate of drug-likeness (QED) is 0.297. The number of hydrogen-bond donors (Lipinski definition) is 1. The summed E-state index contributed by atoms with van der Waals surface area (Å²) in [5.74, 6) is 0. The Morgan fingerprint density at radius 3 is 1.67 bits per heavy atom. The predicted octanol–water partition coefficient (Wildman–Crippen LogP) is -0.487. The van der Waals surface area contributed by atoms with E-state index in [2.05, 4.69) is 15.5 Å². The van der Waals surface area contributed by atoms with E-state index in [4.69, 9.17) is 5.41 Å². The molecule has 0 fully saturated rings. The fourth-order valence-corrected chi connectivity index (χ4v) is 0. The van der Waals surface area contributed by atoms with E-state index in [0.29, 0.717) is 0 Å². The first-order chi connectivity index (χ1) is 2.83. The van der Waals surface area contributed by atoms with Gasteiger partial charge in [0.15, 0.2) is 0 Å².